The van der Waals surface area contributed by atoms with Crippen LogP contribution in [0, 0.1) is 5.92 Å². The lowest BCUT2D eigenvalue weighted by Gasteiger charge is -2.14. The zero-order valence-corrected chi connectivity index (χ0v) is 14.1. The normalized spacial score (nSPS) is 10.2. The lowest BCUT2D eigenvalue weighted by molar-refractivity contribution is -0.151. The summed E-state index contributed by atoms with van der Waals surface area (Å²) in [4.78, 5) is 23.0. The molecule has 0 bridgehead atoms. The van der Waals surface area contributed by atoms with E-state index in [1.807, 2.05) is 0 Å². The molecule has 0 heterocycles. The average molecular weight is 325 g/mol. The SMILES string of the molecule is COc1cc(CNC(=O)COC(=O)C(C)C)cc(OC)c1OC. The number of ether oxygens (including phenoxy) is 4. The summed E-state index contributed by atoms with van der Waals surface area (Å²) < 4.78 is 20.6. The number of amides is 1. The molecule has 128 valence electrons. The largest absolute Gasteiger partial charge is 0.493 e. The molecule has 0 atom stereocenters. The second-order valence-corrected chi connectivity index (χ2v) is 5.07. The fraction of sp³-hybridized carbons (Fsp3) is 0.500. The van der Waals surface area contributed by atoms with Gasteiger partial charge in [-0.3, -0.25) is 9.59 Å². The first-order chi connectivity index (χ1) is 10.9. The molecule has 0 saturated carbocycles. The quantitative estimate of drug-likeness (QED) is 0.730. The highest BCUT2D eigenvalue weighted by Crippen LogP contribution is 2.38. The Kier molecular flexibility index (Phi) is 7.18. The van der Waals surface area contributed by atoms with Gasteiger partial charge in [-0.2, -0.15) is 0 Å². The number of carbonyl (C=O) groups is 2. The van der Waals surface area contributed by atoms with E-state index in [4.69, 9.17) is 18.9 Å². The molecule has 0 aliphatic carbocycles. The van der Waals surface area contributed by atoms with Gasteiger partial charge in [0, 0.05) is 6.54 Å². The third-order valence-corrected chi connectivity index (χ3v) is 3.03. The molecule has 1 aromatic carbocycles. The van der Waals surface area contributed by atoms with E-state index in [9.17, 15) is 9.59 Å². The summed E-state index contributed by atoms with van der Waals surface area (Å²) in [6.07, 6.45) is 0. The Hall–Kier alpha value is -2.44. The van der Waals surface area contributed by atoms with Crippen molar-refractivity contribution in [1.29, 1.82) is 0 Å². The van der Waals surface area contributed by atoms with Crippen LogP contribution < -0.4 is 19.5 Å². The van der Waals surface area contributed by atoms with Gasteiger partial charge in [0.05, 0.1) is 27.2 Å². The van der Waals surface area contributed by atoms with Crippen molar-refractivity contribution < 1.29 is 28.5 Å². The Morgan fingerprint density at radius 3 is 2.04 bits per heavy atom. The van der Waals surface area contributed by atoms with E-state index in [1.54, 1.807) is 26.0 Å². The van der Waals surface area contributed by atoms with Gasteiger partial charge in [-0.25, -0.2) is 0 Å². The van der Waals surface area contributed by atoms with Crippen molar-refractivity contribution in [3.63, 3.8) is 0 Å². The van der Waals surface area contributed by atoms with Crippen molar-refractivity contribution in [2.45, 2.75) is 20.4 Å². The van der Waals surface area contributed by atoms with E-state index in [0.29, 0.717) is 17.2 Å². The van der Waals surface area contributed by atoms with Gasteiger partial charge in [0.25, 0.3) is 5.91 Å². The molecule has 1 aromatic rings. The van der Waals surface area contributed by atoms with Crippen LogP contribution in [0.15, 0.2) is 12.1 Å². The Labute approximate surface area is 135 Å². The Morgan fingerprint density at radius 1 is 1.04 bits per heavy atom. The summed E-state index contributed by atoms with van der Waals surface area (Å²) >= 11 is 0. The van der Waals surface area contributed by atoms with Crippen LogP contribution in [0.2, 0.25) is 0 Å². The minimum atomic E-state index is -0.409. The zero-order chi connectivity index (χ0) is 17.4. The second-order valence-electron chi connectivity index (χ2n) is 5.07. The summed E-state index contributed by atoms with van der Waals surface area (Å²) in [7, 11) is 4.56. The van der Waals surface area contributed by atoms with Crippen molar-refractivity contribution in [3.8, 4) is 17.2 Å². The molecular formula is C16H23NO6. The maximum absolute atomic E-state index is 11.7. The number of carbonyl (C=O) groups excluding carboxylic acids is 2. The molecule has 1 rings (SSSR count). The van der Waals surface area contributed by atoms with Crippen LogP contribution in [0.25, 0.3) is 0 Å². The number of hydrogen-bond acceptors (Lipinski definition) is 6. The molecule has 0 aliphatic rings. The Morgan fingerprint density at radius 2 is 1.61 bits per heavy atom. The van der Waals surface area contributed by atoms with Gasteiger partial charge in [0.15, 0.2) is 18.1 Å². The molecule has 1 N–H and O–H groups in total. The third kappa shape index (κ3) is 5.36. The molecule has 0 unspecified atom stereocenters. The predicted octanol–water partition coefficient (Wildman–Crippen LogP) is 1.53. The summed E-state index contributed by atoms with van der Waals surface area (Å²) in [5.41, 5.74) is 0.767. The lowest BCUT2D eigenvalue weighted by Crippen LogP contribution is -2.29. The number of methoxy groups -OCH3 is 3. The van der Waals surface area contributed by atoms with Crippen LogP contribution in [0.5, 0.6) is 17.2 Å². The number of nitrogens with one attached hydrogen (secondary N) is 1. The smallest absolute Gasteiger partial charge is 0.308 e. The fourth-order valence-electron chi connectivity index (χ4n) is 1.79. The molecule has 7 heteroatoms. The van der Waals surface area contributed by atoms with Crippen molar-refractivity contribution in [3.05, 3.63) is 17.7 Å². The first-order valence-corrected chi connectivity index (χ1v) is 7.15. The van der Waals surface area contributed by atoms with Crippen LogP contribution in [0.4, 0.5) is 0 Å². The topological polar surface area (TPSA) is 83.1 Å². The standard InChI is InChI=1S/C16H23NO6/c1-10(2)16(19)23-9-14(18)17-8-11-6-12(20-3)15(22-5)13(7-11)21-4/h6-7,10H,8-9H2,1-5H3,(H,17,18). The number of hydrogen-bond donors (Lipinski definition) is 1. The monoisotopic (exact) mass is 325 g/mol. The molecule has 0 radical (unpaired) electrons. The predicted molar refractivity (Wildman–Crippen MR) is 83.7 cm³/mol. The van der Waals surface area contributed by atoms with Gasteiger partial charge in [0.2, 0.25) is 5.75 Å². The number of esters is 1. The van der Waals surface area contributed by atoms with Gasteiger partial charge >= 0.3 is 5.97 Å². The number of rotatable bonds is 8. The molecule has 0 saturated heterocycles. The molecule has 0 spiro atoms. The highest BCUT2D eigenvalue weighted by molar-refractivity contribution is 5.81. The maximum Gasteiger partial charge on any atom is 0.308 e. The van der Waals surface area contributed by atoms with E-state index in [1.165, 1.54) is 21.3 Å². The van der Waals surface area contributed by atoms with Crippen LogP contribution >= 0.6 is 0 Å². The van der Waals surface area contributed by atoms with Crippen LogP contribution in [-0.2, 0) is 20.9 Å². The van der Waals surface area contributed by atoms with Crippen LogP contribution in [0.1, 0.15) is 19.4 Å². The van der Waals surface area contributed by atoms with Gasteiger partial charge in [-0.15, -0.1) is 0 Å². The van der Waals surface area contributed by atoms with Crippen LogP contribution in [0.3, 0.4) is 0 Å². The second kappa shape index (κ2) is 8.87. The zero-order valence-electron chi connectivity index (χ0n) is 14.1. The highest BCUT2D eigenvalue weighted by Gasteiger charge is 2.14. The molecule has 1 amide bonds. The summed E-state index contributed by atoms with van der Waals surface area (Å²) in [5.74, 6) is 0.430. The van der Waals surface area contributed by atoms with E-state index < -0.39 is 5.97 Å². The number of benzene rings is 1. The van der Waals surface area contributed by atoms with Crippen LogP contribution in [-0.4, -0.2) is 39.8 Å². The van der Waals surface area contributed by atoms with Crippen molar-refractivity contribution in [2.75, 3.05) is 27.9 Å². The van der Waals surface area contributed by atoms with Crippen molar-refractivity contribution >= 4 is 11.9 Å². The average Bonchev–Trinajstić information content (AvgIpc) is 2.56. The summed E-state index contributed by atoms with van der Waals surface area (Å²) in [5, 5.41) is 2.67. The highest BCUT2D eigenvalue weighted by atomic mass is 16.5. The minimum Gasteiger partial charge on any atom is -0.493 e. The Balaban J connectivity index is 2.67. The van der Waals surface area contributed by atoms with Crippen molar-refractivity contribution in [1.82, 2.24) is 5.32 Å². The molecular weight excluding hydrogens is 302 g/mol. The minimum absolute atomic E-state index is 0.245. The van der Waals surface area contributed by atoms with E-state index in [2.05, 4.69) is 5.32 Å². The first-order valence-electron chi connectivity index (χ1n) is 7.15. The van der Waals surface area contributed by atoms with Gasteiger partial charge in [-0.1, -0.05) is 13.8 Å². The van der Waals surface area contributed by atoms with Crippen molar-refractivity contribution in [2.24, 2.45) is 5.92 Å². The summed E-state index contributed by atoms with van der Waals surface area (Å²) in [6, 6.07) is 3.48. The molecule has 0 fully saturated rings. The molecule has 0 aliphatic heterocycles. The Bertz CT molecular complexity index is 530. The molecule has 0 aromatic heterocycles. The fourth-order valence-corrected chi connectivity index (χ4v) is 1.79. The maximum atomic E-state index is 11.7. The summed E-state index contributed by atoms with van der Waals surface area (Å²) in [6.45, 7) is 3.35. The van der Waals surface area contributed by atoms with E-state index in [-0.39, 0.29) is 25.0 Å². The van der Waals surface area contributed by atoms with E-state index >= 15 is 0 Å². The molecule has 7 nitrogen and oxygen atoms in total. The van der Waals surface area contributed by atoms with Gasteiger partial charge in [0.1, 0.15) is 0 Å². The molecule has 23 heavy (non-hydrogen) atoms. The first kappa shape index (κ1) is 18.6. The third-order valence-electron chi connectivity index (χ3n) is 3.03. The van der Waals surface area contributed by atoms with E-state index in [0.717, 1.165) is 5.56 Å². The lowest BCUT2D eigenvalue weighted by atomic mass is 10.1. The van der Waals surface area contributed by atoms with Gasteiger partial charge in [-0.05, 0) is 17.7 Å². The van der Waals surface area contributed by atoms with Gasteiger partial charge < -0.3 is 24.3 Å².